The number of rotatable bonds is 28. The van der Waals surface area contributed by atoms with Crippen molar-refractivity contribution in [1.29, 1.82) is 0 Å². The van der Waals surface area contributed by atoms with Gasteiger partial charge in [0.25, 0.3) is 0 Å². The molecular formula is C42H72O2. The van der Waals surface area contributed by atoms with Crippen molar-refractivity contribution >= 4 is 0 Å². The lowest BCUT2D eigenvalue weighted by Crippen LogP contribution is -2.50. The Labute approximate surface area is 274 Å². The van der Waals surface area contributed by atoms with Crippen molar-refractivity contribution < 1.29 is 9.47 Å². The molecule has 0 bridgehead atoms. The highest BCUT2D eigenvalue weighted by molar-refractivity contribution is 5.07. The standard InChI is InChI=1S/C42H72O2/c1-3-5-7-9-11-13-15-17-19-21-23-25-27-29-31-36-42(43-40-38-34-33-35-39(38)41(40)44-42)37-32-30-28-26-24-22-20-18-16-14-12-10-8-6-4-2/h9-12,15-18,38-41H,3-8,13-14,19-37H2,1-2H3/b11-9-,12-10-,17-15-,18-16-/t38-,39+,40-,41+. The molecule has 3 aliphatic rings. The van der Waals surface area contributed by atoms with Crippen LogP contribution in [0.2, 0.25) is 0 Å². The van der Waals surface area contributed by atoms with Crippen LogP contribution in [-0.4, -0.2) is 18.0 Å². The predicted octanol–water partition coefficient (Wildman–Crippen LogP) is 13.5. The first kappa shape index (κ1) is 37.3. The fraction of sp³-hybridized carbons (Fsp3) is 0.810. The Kier molecular flexibility index (Phi) is 20.5. The highest BCUT2D eigenvalue weighted by Crippen LogP contribution is 2.57. The molecule has 252 valence electrons. The summed E-state index contributed by atoms with van der Waals surface area (Å²) in [5.41, 5.74) is 0. The summed E-state index contributed by atoms with van der Waals surface area (Å²) in [7, 11) is 0. The molecule has 2 nitrogen and oxygen atoms in total. The molecule has 2 saturated carbocycles. The zero-order valence-corrected chi connectivity index (χ0v) is 29.3. The zero-order valence-electron chi connectivity index (χ0n) is 29.3. The Morgan fingerprint density at radius 1 is 0.455 bits per heavy atom. The maximum Gasteiger partial charge on any atom is 0.169 e. The molecule has 2 heteroatoms. The average molecular weight is 609 g/mol. The molecule has 44 heavy (non-hydrogen) atoms. The van der Waals surface area contributed by atoms with E-state index in [0.717, 1.165) is 37.5 Å². The molecule has 0 radical (unpaired) electrons. The number of unbranched alkanes of at least 4 members (excludes halogenated alkanes) is 16. The number of fused-ring (bicyclic) bond motifs is 4. The number of allylic oxidation sites excluding steroid dienone is 8. The van der Waals surface area contributed by atoms with E-state index in [1.54, 1.807) is 0 Å². The summed E-state index contributed by atoms with van der Waals surface area (Å²) in [6, 6.07) is 0. The number of hydrogen-bond acceptors (Lipinski definition) is 2. The Bertz CT molecular complexity index is 741. The monoisotopic (exact) mass is 609 g/mol. The highest BCUT2D eigenvalue weighted by Gasteiger charge is 2.62. The van der Waals surface area contributed by atoms with E-state index in [-0.39, 0.29) is 5.79 Å². The van der Waals surface area contributed by atoms with E-state index in [1.165, 1.54) is 148 Å². The first-order chi connectivity index (χ1) is 21.8. The smallest absolute Gasteiger partial charge is 0.169 e. The Hall–Kier alpha value is -1.12. The summed E-state index contributed by atoms with van der Waals surface area (Å²) in [5, 5.41) is 0. The number of ether oxygens (including phenoxy) is 2. The van der Waals surface area contributed by atoms with E-state index in [1.807, 2.05) is 0 Å². The van der Waals surface area contributed by atoms with Crippen molar-refractivity contribution in [3.05, 3.63) is 48.6 Å². The van der Waals surface area contributed by atoms with Gasteiger partial charge in [0.05, 0.1) is 12.2 Å². The molecule has 4 atom stereocenters. The molecule has 2 aliphatic carbocycles. The normalized spacial score (nSPS) is 24.3. The van der Waals surface area contributed by atoms with E-state index in [2.05, 4.69) is 62.5 Å². The van der Waals surface area contributed by atoms with Gasteiger partial charge in [-0.1, -0.05) is 146 Å². The predicted molar refractivity (Wildman–Crippen MR) is 192 cm³/mol. The molecule has 1 heterocycles. The molecule has 0 N–H and O–H groups in total. The average Bonchev–Trinajstić information content (AvgIpc) is 3.60. The molecule has 3 rings (SSSR count). The van der Waals surface area contributed by atoms with Crippen molar-refractivity contribution in [2.45, 2.75) is 205 Å². The topological polar surface area (TPSA) is 18.5 Å². The van der Waals surface area contributed by atoms with Crippen molar-refractivity contribution in [2.75, 3.05) is 0 Å². The highest BCUT2D eigenvalue weighted by atomic mass is 16.8. The second-order valence-electron chi connectivity index (χ2n) is 14.3. The summed E-state index contributed by atoms with van der Waals surface area (Å²) in [5.74, 6) is 1.35. The molecule has 1 saturated heterocycles. The van der Waals surface area contributed by atoms with Crippen LogP contribution in [0.5, 0.6) is 0 Å². The Balaban J connectivity index is 1.21. The maximum atomic E-state index is 6.85. The second kappa shape index (κ2) is 24.1. The third kappa shape index (κ3) is 14.5. The SMILES string of the molecule is CCCC/C=C\C/C=C\CCCCCCCCC1(CCCCCCCC/C=C\C/C=C\CCCC)O[C@@H]2[C@@H]3CCC[C@@H]3[C@@H]2O1. The molecule has 0 aromatic carbocycles. The summed E-state index contributed by atoms with van der Waals surface area (Å²) >= 11 is 0. The van der Waals surface area contributed by atoms with Gasteiger partial charge in [0.1, 0.15) is 0 Å². The van der Waals surface area contributed by atoms with Crippen LogP contribution in [0.3, 0.4) is 0 Å². The van der Waals surface area contributed by atoms with Crippen molar-refractivity contribution in [3.63, 3.8) is 0 Å². The fourth-order valence-electron chi connectivity index (χ4n) is 7.75. The van der Waals surface area contributed by atoms with Gasteiger partial charge in [-0.3, -0.25) is 0 Å². The first-order valence-electron chi connectivity index (χ1n) is 19.8. The minimum Gasteiger partial charge on any atom is -0.344 e. The van der Waals surface area contributed by atoms with Gasteiger partial charge >= 0.3 is 0 Å². The van der Waals surface area contributed by atoms with Crippen LogP contribution in [-0.2, 0) is 9.47 Å². The van der Waals surface area contributed by atoms with Gasteiger partial charge in [0, 0.05) is 12.8 Å². The second-order valence-corrected chi connectivity index (χ2v) is 14.3. The van der Waals surface area contributed by atoms with Crippen molar-refractivity contribution in [3.8, 4) is 0 Å². The molecule has 0 aromatic heterocycles. The van der Waals surface area contributed by atoms with Crippen molar-refractivity contribution in [2.24, 2.45) is 11.8 Å². The van der Waals surface area contributed by atoms with Crippen molar-refractivity contribution in [1.82, 2.24) is 0 Å². The molecule has 3 fully saturated rings. The quantitative estimate of drug-likeness (QED) is 0.0650. The number of hydrogen-bond donors (Lipinski definition) is 0. The van der Waals surface area contributed by atoms with Gasteiger partial charge in [-0.25, -0.2) is 0 Å². The van der Waals surface area contributed by atoms with Gasteiger partial charge in [0.2, 0.25) is 0 Å². The van der Waals surface area contributed by atoms with Crippen LogP contribution in [0.1, 0.15) is 187 Å². The molecule has 0 spiro atoms. The van der Waals surface area contributed by atoms with Gasteiger partial charge < -0.3 is 9.47 Å². The van der Waals surface area contributed by atoms with Crippen LogP contribution in [0.25, 0.3) is 0 Å². The fourth-order valence-corrected chi connectivity index (χ4v) is 7.75. The third-order valence-corrected chi connectivity index (χ3v) is 10.5. The van der Waals surface area contributed by atoms with E-state index < -0.39 is 0 Å². The van der Waals surface area contributed by atoms with E-state index in [0.29, 0.717) is 12.2 Å². The summed E-state index contributed by atoms with van der Waals surface area (Å²) in [6.45, 7) is 4.52. The summed E-state index contributed by atoms with van der Waals surface area (Å²) in [4.78, 5) is 0. The van der Waals surface area contributed by atoms with Gasteiger partial charge in [-0.2, -0.15) is 0 Å². The summed E-state index contributed by atoms with van der Waals surface area (Å²) < 4.78 is 13.7. The van der Waals surface area contributed by atoms with Crippen LogP contribution in [0.15, 0.2) is 48.6 Å². The van der Waals surface area contributed by atoms with Crippen LogP contribution in [0.4, 0.5) is 0 Å². The van der Waals surface area contributed by atoms with Gasteiger partial charge in [-0.15, -0.1) is 0 Å². The lowest BCUT2D eigenvalue weighted by molar-refractivity contribution is -0.182. The first-order valence-corrected chi connectivity index (χ1v) is 19.8. The van der Waals surface area contributed by atoms with Gasteiger partial charge in [-0.05, 0) is 88.9 Å². The molecule has 0 unspecified atom stereocenters. The molecule has 1 aliphatic heterocycles. The van der Waals surface area contributed by atoms with Gasteiger partial charge in [0.15, 0.2) is 5.79 Å². The van der Waals surface area contributed by atoms with Crippen LogP contribution >= 0.6 is 0 Å². The van der Waals surface area contributed by atoms with E-state index >= 15 is 0 Å². The Morgan fingerprint density at radius 2 is 0.818 bits per heavy atom. The minimum atomic E-state index is -0.259. The molecule has 0 aromatic rings. The van der Waals surface area contributed by atoms with E-state index in [4.69, 9.17) is 9.47 Å². The maximum absolute atomic E-state index is 6.85. The molecular weight excluding hydrogens is 536 g/mol. The van der Waals surface area contributed by atoms with Crippen LogP contribution in [0, 0.1) is 11.8 Å². The summed E-state index contributed by atoms with van der Waals surface area (Å²) in [6.07, 6.45) is 54.5. The van der Waals surface area contributed by atoms with E-state index in [9.17, 15) is 0 Å². The largest absolute Gasteiger partial charge is 0.344 e. The minimum absolute atomic E-state index is 0.259. The molecule has 0 amide bonds. The lowest BCUT2D eigenvalue weighted by Gasteiger charge is -2.41. The zero-order chi connectivity index (χ0) is 31.0. The Morgan fingerprint density at radius 3 is 1.23 bits per heavy atom. The lowest BCUT2D eigenvalue weighted by atomic mass is 9.71. The third-order valence-electron chi connectivity index (χ3n) is 10.5. The van der Waals surface area contributed by atoms with Crippen LogP contribution < -0.4 is 0 Å².